The Labute approximate surface area is 161 Å². The highest BCUT2D eigenvalue weighted by Gasteiger charge is 2.21. The Morgan fingerprint density at radius 1 is 1.15 bits per heavy atom. The SMILES string of the molecule is COc1cccc(CCN(CC(=O)NC(C)c2ccccc2)S(C)(=O)=O)c1. The largest absolute Gasteiger partial charge is 0.497 e. The first-order valence-electron chi connectivity index (χ1n) is 8.72. The van der Waals surface area contributed by atoms with E-state index in [0.717, 1.165) is 17.4 Å². The molecule has 2 aromatic carbocycles. The van der Waals surface area contributed by atoms with E-state index in [-0.39, 0.29) is 25.0 Å². The van der Waals surface area contributed by atoms with Crippen molar-refractivity contribution in [1.82, 2.24) is 9.62 Å². The lowest BCUT2D eigenvalue weighted by atomic mass is 10.1. The fourth-order valence-corrected chi connectivity index (χ4v) is 3.49. The molecule has 1 unspecified atom stereocenters. The van der Waals surface area contributed by atoms with Crippen molar-refractivity contribution in [3.05, 3.63) is 65.7 Å². The molecule has 0 aliphatic heterocycles. The second-order valence-corrected chi connectivity index (χ2v) is 8.38. The first-order chi connectivity index (χ1) is 12.8. The van der Waals surface area contributed by atoms with Crippen molar-refractivity contribution in [2.45, 2.75) is 19.4 Å². The first-order valence-corrected chi connectivity index (χ1v) is 10.6. The molecule has 1 atom stereocenters. The van der Waals surface area contributed by atoms with Crippen LogP contribution in [0.2, 0.25) is 0 Å². The van der Waals surface area contributed by atoms with Gasteiger partial charge in [0.1, 0.15) is 5.75 Å². The van der Waals surface area contributed by atoms with Crippen molar-refractivity contribution in [2.24, 2.45) is 0 Å². The van der Waals surface area contributed by atoms with Crippen LogP contribution in [-0.2, 0) is 21.2 Å². The summed E-state index contributed by atoms with van der Waals surface area (Å²) in [6, 6.07) is 16.8. The summed E-state index contributed by atoms with van der Waals surface area (Å²) in [6.45, 7) is 1.88. The molecule has 146 valence electrons. The predicted molar refractivity (Wildman–Crippen MR) is 106 cm³/mol. The van der Waals surface area contributed by atoms with Crippen LogP contribution in [0.3, 0.4) is 0 Å². The number of nitrogens with one attached hydrogen (secondary N) is 1. The minimum atomic E-state index is -3.50. The zero-order valence-electron chi connectivity index (χ0n) is 15.9. The van der Waals surface area contributed by atoms with Crippen LogP contribution >= 0.6 is 0 Å². The zero-order valence-corrected chi connectivity index (χ0v) is 16.7. The average Bonchev–Trinajstić information content (AvgIpc) is 2.65. The van der Waals surface area contributed by atoms with E-state index in [9.17, 15) is 13.2 Å². The molecular formula is C20H26N2O4S. The highest BCUT2D eigenvalue weighted by molar-refractivity contribution is 7.88. The van der Waals surface area contributed by atoms with E-state index in [1.54, 1.807) is 7.11 Å². The lowest BCUT2D eigenvalue weighted by Gasteiger charge is -2.21. The average molecular weight is 391 g/mol. The van der Waals surface area contributed by atoms with Gasteiger partial charge in [-0.1, -0.05) is 42.5 Å². The summed E-state index contributed by atoms with van der Waals surface area (Å²) in [5.41, 5.74) is 1.91. The number of carbonyl (C=O) groups excluding carboxylic acids is 1. The van der Waals surface area contributed by atoms with Crippen molar-refractivity contribution >= 4 is 15.9 Å². The molecule has 1 amide bonds. The van der Waals surface area contributed by atoms with E-state index in [0.29, 0.717) is 12.2 Å². The number of amides is 1. The van der Waals surface area contributed by atoms with Crippen LogP contribution in [0, 0.1) is 0 Å². The third-order valence-corrected chi connectivity index (χ3v) is 5.50. The van der Waals surface area contributed by atoms with Gasteiger partial charge in [0.2, 0.25) is 15.9 Å². The summed E-state index contributed by atoms with van der Waals surface area (Å²) in [5, 5.41) is 2.85. The Bertz CT molecular complexity index is 853. The van der Waals surface area contributed by atoms with Crippen LogP contribution in [0.25, 0.3) is 0 Å². The smallest absolute Gasteiger partial charge is 0.235 e. The lowest BCUT2D eigenvalue weighted by Crippen LogP contribution is -2.41. The highest BCUT2D eigenvalue weighted by Crippen LogP contribution is 2.14. The van der Waals surface area contributed by atoms with E-state index in [4.69, 9.17) is 4.74 Å². The quantitative estimate of drug-likeness (QED) is 0.713. The van der Waals surface area contributed by atoms with Crippen LogP contribution in [0.15, 0.2) is 54.6 Å². The number of sulfonamides is 1. The second-order valence-electron chi connectivity index (χ2n) is 6.40. The van der Waals surface area contributed by atoms with E-state index in [1.165, 1.54) is 4.31 Å². The third-order valence-electron chi connectivity index (χ3n) is 4.25. The number of hydrogen-bond donors (Lipinski definition) is 1. The molecule has 7 heteroatoms. The third kappa shape index (κ3) is 6.69. The van der Waals surface area contributed by atoms with E-state index in [2.05, 4.69) is 5.32 Å². The van der Waals surface area contributed by atoms with E-state index >= 15 is 0 Å². The van der Waals surface area contributed by atoms with Gasteiger partial charge in [0.25, 0.3) is 0 Å². The number of nitrogens with zero attached hydrogens (tertiary/aromatic N) is 1. The maximum atomic E-state index is 12.4. The molecule has 0 saturated heterocycles. The van der Waals surface area contributed by atoms with E-state index in [1.807, 2.05) is 61.5 Å². The fourth-order valence-electron chi connectivity index (χ4n) is 2.72. The van der Waals surface area contributed by atoms with Crippen molar-refractivity contribution in [2.75, 3.05) is 26.5 Å². The Kier molecular flexibility index (Phi) is 7.38. The highest BCUT2D eigenvalue weighted by atomic mass is 32.2. The molecule has 0 fully saturated rings. The molecule has 0 saturated carbocycles. The maximum absolute atomic E-state index is 12.4. The number of carbonyl (C=O) groups is 1. The summed E-state index contributed by atoms with van der Waals surface area (Å²) in [4.78, 5) is 12.4. The molecule has 2 rings (SSSR count). The molecule has 0 heterocycles. The standard InChI is InChI=1S/C20H26N2O4S/c1-16(18-9-5-4-6-10-18)21-20(23)15-22(27(3,24)25)13-12-17-8-7-11-19(14-17)26-2/h4-11,14,16H,12-13,15H2,1-3H3,(H,21,23). The second kappa shape index (κ2) is 9.53. The van der Waals surface area contributed by atoms with Gasteiger partial charge in [-0.3, -0.25) is 4.79 Å². The van der Waals surface area contributed by atoms with Crippen LogP contribution < -0.4 is 10.1 Å². The zero-order chi connectivity index (χ0) is 19.9. The summed E-state index contributed by atoms with van der Waals surface area (Å²) < 4.78 is 30.6. The number of hydrogen-bond acceptors (Lipinski definition) is 4. The van der Waals surface area contributed by atoms with Gasteiger partial charge in [0, 0.05) is 6.54 Å². The van der Waals surface area contributed by atoms with Crippen molar-refractivity contribution in [1.29, 1.82) is 0 Å². The molecule has 0 radical (unpaired) electrons. The first kappa shape index (κ1) is 20.9. The summed E-state index contributed by atoms with van der Waals surface area (Å²) >= 11 is 0. The van der Waals surface area contributed by atoms with Gasteiger partial charge in [0.05, 0.1) is 26.0 Å². The molecule has 0 aliphatic carbocycles. The van der Waals surface area contributed by atoms with Gasteiger partial charge in [0.15, 0.2) is 0 Å². The summed E-state index contributed by atoms with van der Waals surface area (Å²) in [5.74, 6) is 0.384. The molecule has 0 spiro atoms. The maximum Gasteiger partial charge on any atom is 0.235 e. The number of rotatable bonds is 9. The van der Waals surface area contributed by atoms with Gasteiger partial charge >= 0.3 is 0 Å². The molecule has 0 aliphatic rings. The van der Waals surface area contributed by atoms with Gasteiger partial charge in [-0.2, -0.15) is 4.31 Å². The van der Waals surface area contributed by atoms with E-state index < -0.39 is 10.0 Å². The van der Waals surface area contributed by atoms with Crippen molar-refractivity contribution in [3.63, 3.8) is 0 Å². The lowest BCUT2D eigenvalue weighted by molar-refractivity contribution is -0.121. The Morgan fingerprint density at radius 3 is 2.48 bits per heavy atom. The van der Waals surface area contributed by atoms with Crippen molar-refractivity contribution in [3.8, 4) is 5.75 Å². The Balaban J connectivity index is 1.98. The fraction of sp³-hybridized carbons (Fsp3) is 0.350. The van der Waals surface area contributed by atoms with Gasteiger partial charge < -0.3 is 10.1 Å². The van der Waals surface area contributed by atoms with Gasteiger partial charge in [-0.05, 0) is 36.6 Å². The number of benzene rings is 2. The van der Waals surface area contributed by atoms with Crippen LogP contribution in [0.4, 0.5) is 0 Å². The van der Waals surface area contributed by atoms with Gasteiger partial charge in [-0.15, -0.1) is 0 Å². The predicted octanol–water partition coefficient (Wildman–Crippen LogP) is 2.38. The summed E-state index contributed by atoms with van der Waals surface area (Å²) in [7, 11) is -1.92. The molecule has 0 bridgehead atoms. The normalized spacial score (nSPS) is 12.6. The Morgan fingerprint density at radius 2 is 1.85 bits per heavy atom. The van der Waals surface area contributed by atoms with Crippen LogP contribution in [-0.4, -0.2) is 45.1 Å². The monoisotopic (exact) mass is 390 g/mol. The molecule has 0 aromatic heterocycles. The molecule has 2 aromatic rings. The molecule has 1 N–H and O–H groups in total. The summed E-state index contributed by atoms with van der Waals surface area (Å²) in [6.07, 6.45) is 1.61. The minimum absolute atomic E-state index is 0.196. The number of methoxy groups -OCH3 is 1. The molecular weight excluding hydrogens is 364 g/mol. The molecule has 27 heavy (non-hydrogen) atoms. The van der Waals surface area contributed by atoms with Crippen molar-refractivity contribution < 1.29 is 17.9 Å². The van der Waals surface area contributed by atoms with Crippen LogP contribution in [0.5, 0.6) is 5.75 Å². The Hall–Kier alpha value is -2.38. The van der Waals surface area contributed by atoms with Gasteiger partial charge in [-0.25, -0.2) is 8.42 Å². The topological polar surface area (TPSA) is 75.7 Å². The number of ether oxygens (including phenoxy) is 1. The van der Waals surface area contributed by atoms with Crippen LogP contribution in [0.1, 0.15) is 24.1 Å². The minimum Gasteiger partial charge on any atom is -0.497 e. The molecule has 6 nitrogen and oxygen atoms in total.